The molecule has 4 rings (SSSR count). The molecular formula is C22H26N4O3. The molecule has 3 heterocycles. The summed E-state index contributed by atoms with van der Waals surface area (Å²) in [5.74, 6) is 1.43. The summed E-state index contributed by atoms with van der Waals surface area (Å²) in [6.45, 7) is 3.52. The number of rotatable bonds is 3. The minimum atomic E-state index is -0.126. The van der Waals surface area contributed by atoms with Gasteiger partial charge in [-0.2, -0.15) is 0 Å². The summed E-state index contributed by atoms with van der Waals surface area (Å²) in [7, 11) is 1.60. The van der Waals surface area contributed by atoms with Gasteiger partial charge < -0.3 is 14.5 Å². The Morgan fingerprint density at radius 2 is 2.07 bits per heavy atom. The fourth-order valence-electron chi connectivity index (χ4n) is 4.13. The number of benzene rings is 1. The highest BCUT2D eigenvalue weighted by Gasteiger charge is 2.32. The van der Waals surface area contributed by atoms with Gasteiger partial charge in [0.2, 0.25) is 5.91 Å². The molecule has 0 radical (unpaired) electrons. The molecule has 0 N–H and O–H groups in total. The van der Waals surface area contributed by atoms with Crippen molar-refractivity contribution in [2.45, 2.75) is 45.2 Å². The Morgan fingerprint density at radius 1 is 1.21 bits per heavy atom. The minimum absolute atomic E-state index is 0.0160. The van der Waals surface area contributed by atoms with E-state index in [2.05, 4.69) is 4.98 Å². The molecule has 0 saturated carbocycles. The lowest BCUT2D eigenvalue weighted by Crippen LogP contribution is -2.40. The number of hydrogen-bond acceptors (Lipinski definition) is 5. The topological polar surface area (TPSA) is 75.6 Å². The van der Waals surface area contributed by atoms with Gasteiger partial charge >= 0.3 is 0 Å². The zero-order valence-corrected chi connectivity index (χ0v) is 16.9. The monoisotopic (exact) mass is 394 g/mol. The number of amides is 2. The quantitative estimate of drug-likeness (QED) is 0.800. The van der Waals surface area contributed by atoms with Crippen molar-refractivity contribution < 1.29 is 14.3 Å². The summed E-state index contributed by atoms with van der Waals surface area (Å²) >= 11 is 0. The number of ether oxygens (including phenoxy) is 1. The summed E-state index contributed by atoms with van der Waals surface area (Å²) in [4.78, 5) is 38.0. The number of aromatic nitrogens is 2. The van der Waals surface area contributed by atoms with Crippen molar-refractivity contribution in [3.05, 3.63) is 53.1 Å². The lowest BCUT2D eigenvalue weighted by molar-refractivity contribution is -0.129. The number of methoxy groups -OCH3 is 1. The van der Waals surface area contributed by atoms with Gasteiger partial charge in [0.1, 0.15) is 5.75 Å². The Kier molecular flexibility index (Phi) is 5.47. The van der Waals surface area contributed by atoms with E-state index in [0.29, 0.717) is 36.8 Å². The van der Waals surface area contributed by atoms with Crippen LogP contribution in [0.4, 0.5) is 0 Å². The van der Waals surface area contributed by atoms with Crippen LogP contribution >= 0.6 is 0 Å². The minimum Gasteiger partial charge on any atom is -0.497 e. The summed E-state index contributed by atoms with van der Waals surface area (Å²) in [6, 6.07) is 7.14. The average molecular weight is 394 g/mol. The predicted octanol–water partition coefficient (Wildman–Crippen LogP) is 2.76. The second-order valence-corrected chi connectivity index (χ2v) is 7.63. The maximum absolute atomic E-state index is 13.2. The molecule has 2 aliphatic rings. The van der Waals surface area contributed by atoms with E-state index in [4.69, 9.17) is 9.72 Å². The van der Waals surface area contributed by atoms with Crippen LogP contribution in [0.3, 0.4) is 0 Å². The van der Waals surface area contributed by atoms with Crippen LogP contribution in [0.5, 0.6) is 5.75 Å². The van der Waals surface area contributed by atoms with Crippen molar-refractivity contribution >= 4 is 11.8 Å². The number of fused-ring (bicyclic) bond motifs is 1. The zero-order valence-electron chi connectivity index (χ0n) is 16.9. The molecule has 0 spiro atoms. The Morgan fingerprint density at radius 3 is 2.86 bits per heavy atom. The van der Waals surface area contributed by atoms with E-state index >= 15 is 0 Å². The first-order valence-corrected chi connectivity index (χ1v) is 10.1. The van der Waals surface area contributed by atoms with Crippen molar-refractivity contribution in [2.24, 2.45) is 0 Å². The van der Waals surface area contributed by atoms with Crippen LogP contribution < -0.4 is 4.74 Å². The highest BCUT2D eigenvalue weighted by molar-refractivity contribution is 5.95. The number of carbonyl (C=O) groups excluding carboxylic acids is 2. The van der Waals surface area contributed by atoms with Crippen LogP contribution in [-0.2, 0) is 17.8 Å². The first-order chi connectivity index (χ1) is 14.1. The molecule has 2 aliphatic heterocycles. The van der Waals surface area contributed by atoms with E-state index in [1.165, 1.54) is 0 Å². The average Bonchev–Trinajstić information content (AvgIpc) is 2.77. The highest BCUT2D eigenvalue weighted by atomic mass is 16.5. The third-order valence-corrected chi connectivity index (χ3v) is 5.78. The number of nitrogens with zero attached hydrogens (tertiary/aromatic N) is 4. The number of hydrogen-bond donors (Lipinski definition) is 0. The van der Waals surface area contributed by atoms with Gasteiger partial charge in [-0.05, 0) is 37.5 Å². The highest BCUT2D eigenvalue weighted by Crippen LogP contribution is 2.31. The van der Waals surface area contributed by atoms with Gasteiger partial charge in [0.25, 0.3) is 5.91 Å². The zero-order chi connectivity index (χ0) is 20.4. The molecule has 1 aromatic heterocycles. The molecule has 0 unspecified atom stereocenters. The van der Waals surface area contributed by atoms with Gasteiger partial charge in [-0.3, -0.25) is 9.59 Å². The smallest absolute Gasteiger partial charge is 0.254 e. The van der Waals surface area contributed by atoms with Crippen LogP contribution in [0.25, 0.3) is 0 Å². The lowest BCUT2D eigenvalue weighted by Gasteiger charge is -2.35. The van der Waals surface area contributed by atoms with E-state index in [1.54, 1.807) is 20.1 Å². The molecule has 0 bridgehead atoms. The number of carbonyl (C=O) groups is 2. The molecule has 1 saturated heterocycles. The fourth-order valence-corrected chi connectivity index (χ4v) is 4.13. The molecule has 7 heteroatoms. The molecule has 2 amide bonds. The van der Waals surface area contributed by atoms with Crippen LogP contribution in [0.1, 0.15) is 59.7 Å². The van der Waals surface area contributed by atoms with Crippen molar-refractivity contribution in [3.63, 3.8) is 0 Å². The third-order valence-electron chi connectivity index (χ3n) is 5.78. The van der Waals surface area contributed by atoms with Gasteiger partial charge in [-0.15, -0.1) is 0 Å². The molecule has 1 aromatic carbocycles. The van der Waals surface area contributed by atoms with Crippen molar-refractivity contribution in [3.8, 4) is 5.75 Å². The summed E-state index contributed by atoms with van der Waals surface area (Å²) < 4.78 is 5.27. The Balaban J connectivity index is 1.59. The van der Waals surface area contributed by atoms with E-state index in [1.807, 2.05) is 34.2 Å². The van der Waals surface area contributed by atoms with Gasteiger partial charge in [-0.25, -0.2) is 9.97 Å². The molecule has 29 heavy (non-hydrogen) atoms. The SMILES string of the molecule is COc1cccc(C(=O)N2CCCC[C@H]2c2ncc3c(n2)CCN(C(C)=O)C3)c1. The first kappa shape index (κ1) is 19.4. The van der Waals surface area contributed by atoms with Crippen LogP contribution in [0.2, 0.25) is 0 Å². The van der Waals surface area contributed by atoms with Gasteiger partial charge in [0.05, 0.1) is 18.8 Å². The normalized spacial score (nSPS) is 18.9. The summed E-state index contributed by atoms with van der Waals surface area (Å²) in [6.07, 6.45) is 5.43. The van der Waals surface area contributed by atoms with E-state index in [-0.39, 0.29) is 17.9 Å². The summed E-state index contributed by atoms with van der Waals surface area (Å²) in [5, 5.41) is 0. The molecule has 2 aromatic rings. The van der Waals surface area contributed by atoms with Gasteiger partial charge in [0, 0.05) is 50.3 Å². The fraction of sp³-hybridized carbons (Fsp3) is 0.455. The Hall–Kier alpha value is -2.96. The molecule has 152 valence electrons. The molecule has 7 nitrogen and oxygen atoms in total. The standard InChI is InChI=1S/C22H26N4O3/c1-15(27)25-11-9-19-17(14-25)13-23-21(24-19)20-8-3-4-10-26(20)22(28)16-6-5-7-18(12-16)29-2/h5-7,12-13,20H,3-4,8-11,14H2,1-2H3/t20-/m0/s1. The molecular weight excluding hydrogens is 368 g/mol. The van der Waals surface area contributed by atoms with E-state index in [0.717, 1.165) is 36.9 Å². The first-order valence-electron chi connectivity index (χ1n) is 10.1. The largest absolute Gasteiger partial charge is 0.497 e. The number of likely N-dealkylation sites (tertiary alicyclic amines) is 1. The van der Waals surface area contributed by atoms with Crippen molar-refractivity contribution in [1.29, 1.82) is 0 Å². The molecule has 1 fully saturated rings. The third kappa shape index (κ3) is 3.95. The van der Waals surface area contributed by atoms with Gasteiger partial charge in [-0.1, -0.05) is 6.07 Å². The summed E-state index contributed by atoms with van der Waals surface area (Å²) in [5.41, 5.74) is 2.61. The second kappa shape index (κ2) is 8.19. The van der Waals surface area contributed by atoms with Crippen molar-refractivity contribution in [2.75, 3.05) is 20.2 Å². The maximum atomic E-state index is 13.2. The van der Waals surface area contributed by atoms with E-state index in [9.17, 15) is 9.59 Å². The Labute approximate surface area is 170 Å². The Bertz CT molecular complexity index is 930. The van der Waals surface area contributed by atoms with E-state index < -0.39 is 0 Å². The molecule has 1 atom stereocenters. The van der Waals surface area contributed by atoms with Crippen molar-refractivity contribution in [1.82, 2.24) is 19.8 Å². The number of piperidine rings is 1. The second-order valence-electron chi connectivity index (χ2n) is 7.63. The maximum Gasteiger partial charge on any atom is 0.254 e. The van der Waals surface area contributed by atoms with Crippen LogP contribution in [0.15, 0.2) is 30.5 Å². The van der Waals surface area contributed by atoms with Crippen LogP contribution in [-0.4, -0.2) is 51.8 Å². The lowest BCUT2D eigenvalue weighted by atomic mass is 9.99. The van der Waals surface area contributed by atoms with Crippen LogP contribution in [0, 0.1) is 0 Å². The van der Waals surface area contributed by atoms with Gasteiger partial charge in [0.15, 0.2) is 5.82 Å². The molecule has 0 aliphatic carbocycles. The predicted molar refractivity (Wildman–Crippen MR) is 107 cm³/mol.